The van der Waals surface area contributed by atoms with Gasteiger partial charge in [-0.05, 0) is 0 Å². The molecule has 0 bridgehead atoms. The Labute approximate surface area is 114 Å². The number of ether oxygens (including phenoxy) is 1. The molecule has 0 saturated carbocycles. The summed E-state index contributed by atoms with van der Waals surface area (Å²) in [6.45, 7) is 0. The van der Waals surface area contributed by atoms with E-state index in [0.29, 0.717) is 0 Å². The van der Waals surface area contributed by atoms with Gasteiger partial charge in [0.2, 0.25) is 0 Å². The lowest BCUT2D eigenvalue weighted by molar-refractivity contribution is -0.276. The van der Waals surface area contributed by atoms with Gasteiger partial charge in [-0.15, -0.1) is 13.2 Å². The zero-order valence-corrected chi connectivity index (χ0v) is 10.7. The third-order valence-corrected chi connectivity index (χ3v) is 2.55. The van der Waals surface area contributed by atoms with Crippen molar-refractivity contribution >= 4 is 15.9 Å². The molecule has 11 heteroatoms. The summed E-state index contributed by atoms with van der Waals surface area (Å²) in [5.74, 6) is -1.81. The fourth-order valence-corrected chi connectivity index (χ4v) is 1.83. The summed E-state index contributed by atoms with van der Waals surface area (Å²) in [5, 5.41) is -0.484. The second-order valence-electron chi connectivity index (χ2n) is 3.34. The molecule has 0 saturated heterocycles. The van der Waals surface area contributed by atoms with Gasteiger partial charge in [0.05, 0.1) is 17.5 Å². The Kier molecular flexibility index (Phi) is 4.82. The van der Waals surface area contributed by atoms with Crippen LogP contribution in [0.2, 0.25) is 0 Å². The quantitative estimate of drug-likeness (QED) is 0.559. The Hall–Kier alpha value is -1.13. The summed E-state index contributed by atoms with van der Waals surface area (Å²) in [6, 6.07) is 0. The maximum atomic E-state index is 12.7. The summed E-state index contributed by atoms with van der Waals surface area (Å²) in [5.41, 5.74) is -4.55. The molecule has 20 heavy (non-hydrogen) atoms. The minimum absolute atomic E-state index is 0.110. The molecule has 0 aromatic carbocycles. The van der Waals surface area contributed by atoms with Crippen molar-refractivity contribution in [3.8, 4) is 5.75 Å². The lowest BCUT2D eigenvalue weighted by Crippen LogP contribution is -2.22. The van der Waals surface area contributed by atoms with Crippen LogP contribution in [0.4, 0.5) is 35.1 Å². The van der Waals surface area contributed by atoms with Crippen LogP contribution < -0.4 is 4.74 Å². The molecule has 0 aliphatic carbocycles. The van der Waals surface area contributed by atoms with Crippen molar-refractivity contribution in [3.63, 3.8) is 0 Å². The van der Waals surface area contributed by atoms with Gasteiger partial charge in [-0.2, -0.15) is 13.2 Å². The van der Waals surface area contributed by atoms with Crippen LogP contribution >= 0.6 is 15.9 Å². The van der Waals surface area contributed by atoms with Gasteiger partial charge < -0.3 is 4.74 Å². The average Bonchev–Trinajstić information content (AvgIpc) is 2.24. The molecule has 0 amide bonds. The number of nitrogens with zero attached hydrogens (tertiary/aromatic N) is 1. The molecule has 0 spiro atoms. The first-order valence-electron chi connectivity index (χ1n) is 4.66. The number of alkyl halides is 9. The molecular formula is C9H4BrF8NO. The van der Waals surface area contributed by atoms with E-state index < -0.39 is 46.9 Å². The molecule has 0 radical (unpaired) electrons. The minimum Gasteiger partial charge on any atom is -0.403 e. The zero-order chi connectivity index (χ0) is 15.7. The first kappa shape index (κ1) is 16.9. The van der Waals surface area contributed by atoms with E-state index in [-0.39, 0.29) is 6.20 Å². The van der Waals surface area contributed by atoms with E-state index in [1.165, 1.54) is 0 Å². The number of hydrogen-bond acceptors (Lipinski definition) is 2. The number of halogens is 9. The zero-order valence-electron chi connectivity index (χ0n) is 9.12. The van der Waals surface area contributed by atoms with Crippen molar-refractivity contribution in [1.29, 1.82) is 0 Å². The second-order valence-corrected chi connectivity index (χ2v) is 3.90. The van der Waals surface area contributed by atoms with Crippen molar-refractivity contribution in [2.75, 3.05) is 0 Å². The third-order valence-electron chi connectivity index (χ3n) is 2.02. The summed E-state index contributed by atoms with van der Waals surface area (Å²) in [7, 11) is 0. The number of pyridine rings is 1. The van der Waals surface area contributed by atoms with Crippen LogP contribution in [0.15, 0.2) is 6.20 Å². The first-order chi connectivity index (χ1) is 8.97. The molecule has 114 valence electrons. The molecule has 0 unspecified atom stereocenters. The van der Waals surface area contributed by atoms with Crippen LogP contribution in [0, 0.1) is 0 Å². The number of rotatable bonds is 3. The van der Waals surface area contributed by atoms with E-state index >= 15 is 0 Å². The molecule has 0 N–H and O–H groups in total. The highest BCUT2D eigenvalue weighted by molar-refractivity contribution is 9.08. The highest BCUT2D eigenvalue weighted by Crippen LogP contribution is 2.44. The van der Waals surface area contributed by atoms with Gasteiger partial charge in [-0.1, -0.05) is 15.9 Å². The van der Waals surface area contributed by atoms with Crippen molar-refractivity contribution in [1.82, 2.24) is 4.98 Å². The van der Waals surface area contributed by atoms with Gasteiger partial charge in [0.1, 0.15) is 5.56 Å². The Morgan fingerprint density at radius 3 is 2.05 bits per heavy atom. The van der Waals surface area contributed by atoms with Gasteiger partial charge in [0.25, 0.3) is 6.43 Å². The highest BCUT2D eigenvalue weighted by atomic mass is 79.9. The fourth-order valence-electron chi connectivity index (χ4n) is 1.38. The van der Waals surface area contributed by atoms with Crippen LogP contribution in [0.3, 0.4) is 0 Å². The van der Waals surface area contributed by atoms with Crippen LogP contribution in [-0.4, -0.2) is 11.3 Å². The van der Waals surface area contributed by atoms with E-state index in [1.807, 2.05) is 0 Å². The minimum atomic E-state index is -5.46. The highest BCUT2D eigenvalue weighted by Gasteiger charge is 2.44. The Morgan fingerprint density at radius 1 is 1.15 bits per heavy atom. The van der Waals surface area contributed by atoms with Crippen molar-refractivity contribution in [2.24, 2.45) is 0 Å². The molecule has 1 heterocycles. The van der Waals surface area contributed by atoms with Gasteiger partial charge in [0.15, 0.2) is 5.75 Å². The predicted molar refractivity (Wildman–Crippen MR) is 53.5 cm³/mol. The molecule has 0 aliphatic rings. The maximum absolute atomic E-state index is 12.7. The van der Waals surface area contributed by atoms with Crippen LogP contribution in [-0.2, 0) is 11.5 Å². The lowest BCUT2D eigenvalue weighted by atomic mass is 10.1. The Bertz CT molecular complexity index is 484. The number of hydrogen-bond donors (Lipinski definition) is 0. The summed E-state index contributed by atoms with van der Waals surface area (Å²) < 4.78 is 103. The van der Waals surface area contributed by atoms with Gasteiger partial charge in [-0.3, -0.25) is 4.98 Å². The SMILES string of the molecule is FC(F)c1c(CBr)ncc(OC(F)(F)F)c1C(F)(F)F. The smallest absolute Gasteiger partial charge is 0.403 e. The van der Waals surface area contributed by atoms with Crippen molar-refractivity contribution in [3.05, 3.63) is 23.0 Å². The monoisotopic (exact) mass is 373 g/mol. The van der Waals surface area contributed by atoms with Gasteiger partial charge in [-0.25, -0.2) is 8.78 Å². The van der Waals surface area contributed by atoms with Crippen LogP contribution in [0.5, 0.6) is 5.75 Å². The third kappa shape index (κ3) is 3.93. The van der Waals surface area contributed by atoms with Crippen LogP contribution in [0.1, 0.15) is 23.2 Å². The maximum Gasteiger partial charge on any atom is 0.573 e. The van der Waals surface area contributed by atoms with E-state index in [0.717, 1.165) is 0 Å². The normalized spacial score (nSPS) is 12.9. The topological polar surface area (TPSA) is 22.1 Å². The van der Waals surface area contributed by atoms with Gasteiger partial charge in [0, 0.05) is 5.33 Å². The lowest BCUT2D eigenvalue weighted by Gasteiger charge is -2.19. The largest absolute Gasteiger partial charge is 0.573 e. The standard InChI is InChI=1S/C9H4BrF8NO/c10-1-3-5(7(11)12)6(8(13,14)15)4(2-19-3)20-9(16,17)18/h2,7H,1H2. The number of aromatic nitrogens is 1. The molecule has 2 nitrogen and oxygen atoms in total. The molecule has 1 rings (SSSR count). The van der Waals surface area contributed by atoms with E-state index in [9.17, 15) is 35.1 Å². The Morgan fingerprint density at radius 2 is 1.70 bits per heavy atom. The Balaban J connectivity index is 3.58. The predicted octanol–water partition coefficient (Wildman–Crippen LogP) is 4.83. The van der Waals surface area contributed by atoms with Gasteiger partial charge >= 0.3 is 12.5 Å². The fraction of sp³-hybridized carbons (Fsp3) is 0.444. The summed E-state index contributed by atoms with van der Waals surface area (Å²) in [4.78, 5) is 3.12. The molecule has 0 fully saturated rings. The molecule has 0 atom stereocenters. The first-order valence-corrected chi connectivity index (χ1v) is 5.78. The van der Waals surface area contributed by atoms with Crippen molar-refractivity contribution in [2.45, 2.75) is 24.3 Å². The summed E-state index contributed by atoms with van der Waals surface area (Å²) in [6.07, 6.45) is -14.5. The van der Waals surface area contributed by atoms with Crippen LogP contribution in [0.25, 0.3) is 0 Å². The molecule has 1 aromatic heterocycles. The van der Waals surface area contributed by atoms with E-state index in [1.54, 1.807) is 0 Å². The van der Waals surface area contributed by atoms with E-state index in [4.69, 9.17) is 0 Å². The molecule has 1 aromatic rings. The second kappa shape index (κ2) is 5.70. The molecule has 0 aliphatic heterocycles. The average molecular weight is 374 g/mol. The summed E-state index contributed by atoms with van der Waals surface area (Å²) >= 11 is 2.64. The van der Waals surface area contributed by atoms with E-state index in [2.05, 4.69) is 25.7 Å². The molecular weight excluding hydrogens is 370 g/mol. The van der Waals surface area contributed by atoms with Crippen molar-refractivity contribution < 1.29 is 39.9 Å².